The first-order valence-corrected chi connectivity index (χ1v) is 26.6. The van der Waals surface area contributed by atoms with Gasteiger partial charge in [-0.2, -0.15) is 4.57 Å². The van der Waals surface area contributed by atoms with Gasteiger partial charge in [0.2, 0.25) is 11.0 Å². The van der Waals surface area contributed by atoms with Crippen molar-refractivity contribution in [2.45, 2.75) is 75.1 Å². The molecular formula is C62H59N4O2S2+. The smallest absolute Gasteiger partial charge is 0.213 e. The summed E-state index contributed by atoms with van der Waals surface area (Å²) in [4.78, 5) is 11.9. The van der Waals surface area contributed by atoms with E-state index in [4.69, 9.17) is 0 Å². The van der Waals surface area contributed by atoms with E-state index in [1.165, 1.54) is 122 Å². The van der Waals surface area contributed by atoms with Crippen molar-refractivity contribution in [1.82, 2.24) is 0 Å². The summed E-state index contributed by atoms with van der Waals surface area (Å²) in [7, 11) is 2.12. The zero-order valence-electron chi connectivity index (χ0n) is 40.4. The van der Waals surface area contributed by atoms with Gasteiger partial charge >= 0.3 is 0 Å². The van der Waals surface area contributed by atoms with Crippen LogP contribution in [0, 0.1) is 6.92 Å². The van der Waals surface area contributed by atoms with Crippen LogP contribution < -0.4 is 24.2 Å². The van der Waals surface area contributed by atoms with E-state index < -0.39 is 0 Å². The van der Waals surface area contributed by atoms with Crippen LogP contribution in [0.15, 0.2) is 195 Å². The number of aryl methyl sites for hydroxylation is 3. The lowest BCUT2D eigenvalue weighted by atomic mass is 9.93. The molecule has 12 rings (SSSR count). The molecule has 5 aromatic carbocycles. The van der Waals surface area contributed by atoms with E-state index in [0.29, 0.717) is 6.54 Å². The average molecular weight is 956 g/mol. The Kier molecular flexibility index (Phi) is 13.5. The Balaban J connectivity index is 0.000000153. The van der Waals surface area contributed by atoms with Gasteiger partial charge in [0.25, 0.3) is 0 Å². The maximum absolute atomic E-state index is 10.5. The van der Waals surface area contributed by atoms with Gasteiger partial charge in [-0.25, -0.2) is 4.57 Å². The molecule has 0 bridgehead atoms. The highest BCUT2D eigenvalue weighted by atomic mass is 32.2. The minimum Gasteiger partial charge on any atom is -0.723 e. The number of nitrogens with zero attached hydrogens (tertiary/aromatic N) is 4. The summed E-state index contributed by atoms with van der Waals surface area (Å²) in [5.41, 5.74) is 18.7. The van der Waals surface area contributed by atoms with Crippen LogP contribution in [-0.4, -0.2) is 19.7 Å². The quantitative estimate of drug-likeness (QED) is 0.0589. The fourth-order valence-electron chi connectivity index (χ4n) is 10.7. The first kappa shape index (κ1) is 46.0. The molecule has 6 nitrogen and oxygen atoms in total. The van der Waals surface area contributed by atoms with Gasteiger partial charge in [-0.15, -0.1) is 0 Å². The van der Waals surface area contributed by atoms with Crippen molar-refractivity contribution in [2.75, 3.05) is 29.5 Å². The lowest BCUT2D eigenvalue weighted by Crippen LogP contribution is -2.37. The van der Waals surface area contributed by atoms with Crippen LogP contribution in [0.2, 0.25) is 0 Å². The number of pyridine rings is 2. The number of hydrogen-bond acceptors (Lipinski definition) is 6. The van der Waals surface area contributed by atoms with Gasteiger partial charge < -0.3 is 19.9 Å². The molecule has 0 atom stereocenters. The summed E-state index contributed by atoms with van der Waals surface area (Å²) in [6, 6.07) is 41.6. The summed E-state index contributed by atoms with van der Waals surface area (Å²) in [5, 5.41) is 15.7. The van der Waals surface area contributed by atoms with E-state index in [1.54, 1.807) is 0 Å². The summed E-state index contributed by atoms with van der Waals surface area (Å²) in [6.45, 7) is 7.38. The van der Waals surface area contributed by atoms with Gasteiger partial charge in [0.15, 0.2) is 18.9 Å². The first-order valence-electron chi connectivity index (χ1n) is 24.9. The van der Waals surface area contributed by atoms with Crippen molar-refractivity contribution in [3.8, 4) is 11.1 Å². The van der Waals surface area contributed by atoms with Crippen LogP contribution in [0.1, 0.15) is 66.8 Å². The van der Waals surface area contributed by atoms with Crippen LogP contribution in [0.3, 0.4) is 0 Å². The van der Waals surface area contributed by atoms with Crippen molar-refractivity contribution in [3.05, 3.63) is 213 Å². The number of allylic oxidation sites excluding steroid dienone is 8. The van der Waals surface area contributed by atoms with E-state index in [2.05, 4.69) is 209 Å². The highest BCUT2D eigenvalue weighted by molar-refractivity contribution is 8.04. The summed E-state index contributed by atoms with van der Waals surface area (Å²) < 4.78 is 4.28. The van der Waals surface area contributed by atoms with Gasteiger partial charge in [-0.1, -0.05) is 121 Å². The van der Waals surface area contributed by atoms with Crippen molar-refractivity contribution in [3.63, 3.8) is 0 Å². The van der Waals surface area contributed by atoms with E-state index in [-0.39, 0.29) is 6.61 Å². The average Bonchev–Trinajstić information content (AvgIpc) is 4.10. The molecule has 7 aromatic rings. The molecule has 0 fully saturated rings. The molecule has 350 valence electrons. The molecule has 0 unspecified atom stereocenters. The molecule has 70 heavy (non-hydrogen) atoms. The second kappa shape index (κ2) is 20.5. The molecule has 0 amide bonds. The number of para-hydroxylation sites is 2. The zero-order valence-corrected chi connectivity index (χ0v) is 42.0. The highest BCUT2D eigenvalue weighted by Gasteiger charge is 2.32. The second-order valence-electron chi connectivity index (χ2n) is 18.9. The molecule has 0 saturated carbocycles. The van der Waals surface area contributed by atoms with E-state index in [0.717, 1.165) is 44.3 Å². The Morgan fingerprint density at radius 3 is 2.41 bits per heavy atom. The third-order valence-corrected chi connectivity index (χ3v) is 16.4. The number of hydrogen-bond donors (Lipinski definition) is 0. The predicted molar refractivity (Wildman–Crippen MR) is 290 cm³/mol. The zero-order chi connectivity index (χ0) is 47.6. The van der Waals surface area contributed by atoms with Crippen molar-refractivity contribution in [2.24, 2.45) is 7.05 Å². The number of anilines is 2. The highest BCUT2D eigenvalue weighted by Crippen LogP contribution is 2.52. The number of benzene rings is 5. The Bertz CT molecular complexity index is 3350. The van der Waals surface area contributed by atoms with Crippen molar-refractivity contribution in [1.29, 1.82) is 0 Å². The monoisotopic (exact) mass is 955 g/mol. The third-order valence-electron chi connectivity index (χ3n) is 14.2. The minimum absolute atomic E-state index is 0.163. The van der Waals surface area contributed by atoms with Crippen LogP contribution in [0.5, 0.6) is 0 Å². The number of thioether (sulfide) groups is 2. The molecule has 6 heterocycles. The van der Waals surface area contributed by atoms with Crippen LogP contribution in [-0.2, 0) is 31.3 Å². The summed E-state index contributed by atoms with van der Waals surface area (Å²) in [5.74, 6) is 0. The molecule has 8 heteroatoms. The molecule has 0 saturated heterocycles. The van der Waals surface area contributed by atoms with Crippen LogP contribution in [0.4, 0.5) is 11.4 Å². The van der Waals surface area contributed by atoms with E-state index in [1.807, 2.05) is 29.6 Å². The molecule has 0 spiro atoms. The molecular weight excluding hydrogens is 897 g/mol. The Hall–Kier alpha value is -6.42. The summed E-state index contributed by atoms with van der Waals surface area (Å²) in [6.07, 6.45) is 28.5. The fourth-order valence-corrected chi connectivity index (χ4v) is 13.2. The second-order valence-corrected chi connectivity index (χ2v) is 21.0. The Morgan fingerprint density at radius 2 is 1.53 bits per heavy atom. The normalized spacial score (nSPS) is 17.8. The summed E-state index contributed by atoms with van der Waals surface area (Å²) >= 11 is 3.83. The molecule has 0 radical (unpaired) electrons. The van der Waals surface area contributed by atoms with Gasteiger partial charge in [-0.05, 0) is 150 Å². The van der Waals surface area contributed by atoms with Crippen LogP contribution in [0.25, 0.3) is 45.1 Å². The molecule has 1 aliphatic carbocycles. The lowest BCUT2D eigenvalue weighted by Gasteiger charge is -2.27. The lowest BCUT2D eigenvalue weighted by molar-refractivity contribution is -0.728. The van der Waals surface area contributed by atoms with Gasteiger partial charge in [0, 0.05) is 47.1 Å². The standard InChI is InChI=1S/C34H33N2S.C28H26N2O2S/c1-4-25(13-17-33-36-19-8-11-29-21-24(2)22-32(37-33)34(29)36)12-14-27-18-20-35(3)31-16-15-28(23-30(27)31)26-9-6-5-7-10-26;31-32-16-15-29-13-11-23(24-8-1-2-9-25(24)29)18-20-5-3-6-21(17-20)19-27-30-14-12-22-7-4-10-26(33-27)28(22)30/h5-7,9-10,12-18,20-23H,4,8,11,19H2,1-3H3;1-2,4,7-11,13,17-19H,3,5-6,12,14-16H2/q+1;. The van der Waals surface area contributed by atoms with Crippen molar-refractivity contribution < 1.29 is 19.3 Å². The van der Waals surface area contributed by atoms with Crippen LogP contribution >= 0.6 is 23.5 Å². The number of rotatable bonds is 10. The molecule has 4 aliphatic heterocycles. The Morgan fingerprint density at radius 1 is 0.700 bits per heavy atom. The molecule has 0 N–H and O–H groups in total. The van der Waals surface area contributed by atoms with E-state index >= 15 is 0 Å². The fraction of sp³-hybridized carbons (Fsp3) is 0.226. The largest absolute Gasteiger partial charge is 0.723 e. The molecule has 5 aliphatic rings. The number of aromatic nitrogens is 2. The Labute approximate surface area is 421 Å². The SMILES string of the molecule is CCC(/C=C/c1cc[n+](C)c2ccc(-c3ccccc3)cc12)=C\C=C1/Sc2cc(C)cc3c2N1CCC3.[O-]OCC[n+]1ccc(C=C2C=C(/C=C3\Sc4cccc5c4N3CC5)CCC2)c2ccccc21. The van der Waals surface area contributed by atoms with Gasteiger partial charge in [0.05, 0.1) is 38.8 Å². The predicted octanol–water partition coefficient (Wildman–Crippen LogP) is 13.3. The maximum atomic E-state index is 10.5. The van der Waals surface area contributed by atoms with Gasteiger partial charge in [-0.3, -0.25) is 0 Å². The van der Waals surface area contributed by atoms with Gasteiger partial charge in [0.1, 0.15) is 7.05 Å². The molecule has 2 aromatic heterocycles. The van der Waals surface area contributed by atoms with E-state index in [9.17, 15) is 5.26 Å². The number of fused-ring (bicyclic) bond motifs is 2. The third kappa shape index (κ3) is 9.46. The maximum Gasteiger partial charge on any atom is 0.213 e. The van der Waals surface area contributed by atoms with Crippen molar-refractivity contribution >= 4 is 68.9 Å². The topological polar surface area (TPSA) is 46.5 Å². The first-order chi connectivity index (χ1) is 34.4. The minimum atomic E-state index is 0.163.